The number of nitrogens with one attached hydrogen (secondary N) is 2. The summed E-state index contributed by atoms with van der Waals surface area (Å²) in [5.41, 5.74) is 9.25. The standard InChI is InChI=1S/C28H31N5.C2H2/c1-7-8-25(23-11-13-30-14-12-23)28-22(5)32-27(33-28)16-21(4)26(29-6)10-9-20(3)24-15-19(2)17-31-18-24;1-2/h7-15,17-18,29H,1,4,16H2,2-3,5-6H3,(H,32,33);1-2H/b20-9+,25-8-,26-10+;. The highest BCUT2D eigenvalue weighted by molar-refractivity contribution is 5.79. The summed E-state index contributed by atoms with van der Waals surface area (Å²) < 4.78 is 0. The fraction of sp³-hybridized carbons (Fsp3) is 0.167. The Kier molecular flexibility index (Phi) is 10.2. The maximum Gasteiger partial charge on any atom is 0.111 e. The van der Waals surface area contributed by atoms with Gasteiger partial charge in [0.2, 0.25) is 0 Å². The second kappa shape index (κ2) is 13.3. The highest BCUT2D eigenvalue weighted by atomic mass is 14.9. The molecule has 0 unspecified atom stereocenters. The van der Waals surface area contributed by atoms with Crippen LogP contribution in [0.25, 0.3) is 11.1 Å². The van der Waals surface area contributed by atoms with Crippen molar-refractivity contribution in [2.75, 3.05) is 7.05 Å². The molecule has 0 bridgehead atoms. The average molecular weight is 464 g/mol. The summed E-state index contributed by atoms with van der Waals surface area (Å²) in [6.07, 6.45) is 23.8. The number of likely N-dealkylation sites (N-methyl/N-ethyl adjacent to an activating group) is 1. The van der Waals surface area contributed by atoms with E-state index in [2.05, 4.69) is 71.4 Å². The highest BCUT2D eigenvalue weighted by Crippen LogP contribution is 2.25. The van der Waals surface area contributed by atoms with E-state index in [0.29, 0.717) is 6.42 Å². The predicted octanol–water partition coefficient (Wildman–Crippen LogP) is 5.99. The fourth-order valence-electron chi connectivity index (χ4n) is 3.58. The van der Waals surface area contributed by atoms with Gasteiger partial charge in [0.15, 0.2) is 0 Å². The smallest absolute Gasteiger partial charge is 0.111 e. The van der Waals surface area contributed by atoms with Gasteiger partial charge in [0.1, 0.15) is 5.82 Å². The zero-order valence-electron chi connectivity index (χ0n) is 21.0. The number of aryl methyl sites for hydroxylation is 2. The lowest BCUT2D eigenvalue weighted by atomic mass is 10.0. The average Bonchev–Trinajstić information content (AvgIpc) is 3.23. The number of hydrogen-bond acceptors (Lipinski definition) is 4. The van der Waals surface area contributed by atoms with E-state index in [-0.39, 0.29) is 0 Å². The molecule has 3 aromatic rings. The number of imidazole rings is 1. The van der Waals surface area contributed by atoms with Crippen LogP contribution in [0.4, 0.5) is 0 Å². The Bertz CT molecular complexity index is 1270. The second-order valence-electron chi connectivity index (χ2n) is 7.92. The zero-order valence-corrected chi connectivity index (χ0v) is 21.0. The molecular formula is C30H33N5. The van der Waals surface area contributed by atoms with Crippen molar-refractivity contribution < 1.29 is 0 Å². The molecule has 3 heterocycles. The molecular weight excluding hydrogens is 430 g/mol. The Balaban J connectivity index is 0.00000210. The van der Waals surface area contributed by atoms with Gasteiger partial charge >= 0.3 is 0 Å². The molecule has 5 heteroatoms. The van der Waals surface area contributed by atoms with Gasteiger partial charge in [-0.1, -0.05) is 31.4 Å². The van der Waals surface area contributed by atoms with Crippen LogP contribution in [0.5, 0.6) is 0 Å². The summed E-state index contributed by atoms with van der Waals surface area (Å²) in [5, 5.41) is 3.26. The van der Waals surface area contributed by atoms with Crippen LogP contribution in [-0.2, 0) is 6.42 Å². The number of rotatable bonds is 9. The maximum absolute atomic E-state index is 4.88. The van der Waals surface area contributed by atoms with Gasteiger partial charge in [-0.25, -0.2) is 4.98 Å². The SMILES string of the molecule is C#C.C=C/C=C(/c1ccncc1)c1nc(CC(=C)/C(=C\C=C(/C)c2cncc(C)c2)NC)[nH]c1C. The van der Waals surface area contributed by atoms with E-state index in [4.69, 9.17) is 4.98 Å². The van der Waals surface area contributed by atoms with Gasteiger partial charge in [0.25, 0.3) is 0 Å². The van der Waals surface area contributed by atoms with Gasteiger partial charge in [0.05, 0.1) is 5.69 Å². The molecule has 0 spiro atoms. The van der Waals surface area contributed by atoms with Gasteiger partial charge in [-0.15, -0.1) is 12.8 Å². The van der Waals surface area contributed by atoms with Crippen molar-refractivity contribution in [1.29, 1.82) is 0 Å². The Morgan fingerprint density at radius 3 is 2.40 bits per heavy atom. The summed E-state index contributed by atoms with van der Waals surface area (Å²) in [4.78, 5) is 16.7. The number of H-pyrrole nitrogens is 1. The molecule has 5 nitrogen and oxygen atoms in total. The van der Waals surface area contributed by atoms with Crippen molar-refractivity contribution >= 4 is 11.1 Å². The monoisotopic (exact) mass is 463 g/mol. The Labute approximate surface area is 209 Å². The number of allylic oxidation sites excluding steroid dienone is 6. The molecule has 178 valence electrons. The topological polar surface area (TPSA) is 66.5 Å². The molecule has 0 aliphatic rings. The minimum absolute atomic E-state index is 0.601. The number of terminal acetylenes is 1. The number of aromatic nitrogens is 4. The third kappa shape index (κ3) is 7.28. The van der Waals surface area contributed by atoms with Crippen molar-refractivity contribution in [2.24, 2.45) is 0 Å². The van der Waals surface area contributed by atoms with Crippen LogP contribution in [-0.4, -0.2) is 27.0 Å². The summed E-state index contributed by atoms with van der Waals surface area (Å²) in [5.74, 6) is 0.862. The van der Waals surface area contributed by atoms with E-state index in [1.54, 1.807) is 18.5 Å². The van der Waals surface area contributed by atoms with Gasteiger partial charge in [0, 0.05) is 55.2 Å². The van der Waals surface area contributed by atoms with Crippen LogP contribution in [0.3, 0.4) is 0 Å². The summed E-state index contributed by atoms with van der Waals surface area (Å²) in [7, 11) is 1.90. The Morgan fingerprint density at radius 2 is 1.77 bits per heavy atom. The lowest BCUT2D eigenvalue weighted by Crippen LogP contribution is -2.10. The molecule has 0 amide bonds. The lowest BCUT2D eigenvalue weighted by molar-refractivity contribution is 0.933. The van der Waals surface area contributed by atoms with Crippen LogP contribution in [0.1, 0.15) is 40.8 Å². The van der Waals surface area contributed by atoms with E-state index < -0.39 is 0 Å². The molecule has 0 aliphatic carbocycles. The Hall–Kier alpha value is -4.43. The summed E-state index contributed by atoms with van der Waals surface area (Å²) in [6.45, 7) is 14.3. The fourth-order valence-corrected chi connectivity index (χ4v) is 3.58. The molecule has 3 aromatic heterocycles. The molecule has 0 fully saturated rings. The number of hydrogen-bond donors (Lipinski definition) is 2. The minimum Gasteiger partial charge on any atom is -0.388 e. The third-order valence-corrected chi connectivity index (χ3v) is 5.33. The molecule has 35 heavy (non-hydrogen) atoms. The van der Waals surface area contributed by atoms with Gasteiger partial charge in [-0.3, -0.25) is 9.97 Å². The molecule has 0 saturated carbocycles. The van der Waals surface area contributed by atoms with Crippen molar-refractivity contribution in [3.63, 3.8) is 0 Å². The predicted molar refractivity (Wildman–Crippen MR) is 147 cm³/mol. The van der Waals surface area contributed by atoms with Crippen LogP contribution in [0, 0.1) is 26.7 Å². The highest BCUT2D eigenvalue weighted by Gasteiger charge is 2.14. The normalized spacial score (nSPS) is 11.9. The summed E-state index contributed by atoms with van der Waals surface area (Å²) >= 11 is 0. The number of nitrogens with zero attached hydrogens (tertiary/aromatic N) is 3. The lowest BCUT2D eigenvalue weighted by Gasteiger charge is -2.09. The summed E-state index contributed by atoms with van der Waals surface area (Å²) in [6, 6.07) is 6.08. The van der Waals surface area contributed by atoms with Gasteiger partial charge in [-0.05, 0) is 72.9 Å². The Morgan fingerprint density at radius 1 is 1.06 bits per heavy atom. The van der Waals surface area contributed by atoms with Crippen molar-refractivity contribution in [3.05, 3.63) is 126 Å². The van der Waals surface area contributed by atoms with E-state index in [0.717, 1.165) is 56.3 Å². The van der Waals surface area contributed by atoms with Gasteiger partial charge < -0.3 is 10.3 Å². The van der Waals surface area contributed by atoms with Crippen molar-refractivity contribution in [3.8, 4) is 12.8 Å². The van der Waals surface area contributed by atoms with E-state index >= 15 is 0 Å². The molecule has 2 N–H and O–H groups in total. The first kappa shape index (κ1) is 26.8. The number of aromatic amines is 1. The van der Waals surface area contributed by atoms with Gasteiger partial charge in [-0.2, -0.15) is 0 Å². The van der Waals surface area contributed by atoms with Crippen LogP contribution >= 0.6 is 0 Å². The molecule has 0 radical (unpaired) electrons. The second-order valence-corrected chi connectivity index (χ2v) is 7.92. The van der Waals surface area contributed by atoms with E-state index in [9.17, 15) is 0 Å². The van der Waals surface area contributed by atoms with Crippen LogP contribution in [0.2, 0.25) is 0 Å². The van der Waals surface area contributed by atoms with Crippen LogP contribution in [0.15, 0.2) is 91.7 Å². The van der Waals surface area contributed by atoms with E-state index in [1.807, 2.05) is 51.5 Å². The van der Waals surface area contributed by atoms with Crippen molar-refractivity contribution in [2.45, 2.75) is 27.2 Å². The first-order valence-corrected chi connectivity index (χ1v) is 11.2. The first-order chi connectivity index (χ1) is 16.9. The largest absolute Gasteiger partial charge is 0.388 e. The molecule has 0 atom stereocenters. The molecule has 0 saturated heterocycles. The first-order valence-electron chi connectivity index (χ1n) is 11.2. The maximum atomic E-state index is 4.88. The zero-order chi connectivity index (χ0) is 25.8. The van der Waals surface area contributed by atoms with Crippen molar-refractivity contribution in [1.82, 2.24) is 25.3 Å². The molecule has 0 aromatic carbocycles. The van der Waals surface area contributed by atoms with E-state index in [1.165, 1.54) is 0 Å². The molecule has 3 rings (SSSR count). The quantitative estimate of drug-likeness (QED) is 0.302. The molecule has 0 aliphatic heterocycles. The third-order valence-electron chi connectivity index (χ3n) is 5.33. The number of pyridine rings is 2. The minimum atomic E-state index is 0.601. The van der Waals surface area contributed by atoms with Crippen LogP contribution < -0.4 is 5.32 Å².